The van der Waals surface area contributed by atoms with Crippen LogP contribution in [0.2, 0.25) is 0 Å². The van der Waals surface area contributed by atoms with Crippen molar-refractivity contribution in [3.05, 3.63) is 41.5 Å². The molecule has 1 aliphatic carbocycles. The van der Waals surface area contributed by atoms with Gasteiger partial charge in [-0.3, -0.25) is 0 Å². The standard InChI is InChI=1S/C24H26O7/c1-4-5-12-29-23(26)24(10-11-24)31-20-17(8-9-19(27-2)21(20)28-3)15-6-7-18-16(13-15)14-30-22(18)25/h6-9,13H,4-5,10-12,14H2,1-3H3. The summed E-state index contributed by atoms with van der Waals surface area (Å²) in [5.74, 6) is 0.635. The van der Waals surface area contributed by atoms with E-state index in [1.54, 1.807) is 19.2 Å². The van der Waals surface area contributed by atoms with Gasteiger partial charge in [-0.1, -0.05) is 19.4 Å². The second-order valence-electron chi connectivity index (χ2n) is 7.71. The van der Waals surface area contributed by atoms with Crippen molar-refractivity contribution in [1.82, 2.24) is 0 Å². The third-order valence-corrected chi connectivity index (χ3v) is 5.60. The fourth-order valence-corrected chi connectivity index (χ4v) is 3.63. The highest BCUT2D eigenvalue weighted by atomic mass is 16.6. The highest BCUT2D eigenvalue weighted by Gasteiger charge is 2.55. The molecule has 0 radical (unpaired) electrons. The van der Waals surface area contributed by atoms with Crippen molar-refractivity contribution in [2.45, 2.75) is 44.8 Å². The number of benzene rings is 2. The Morgan fingerprint density at radius 1 is 1.06 bits per heavy atom. The average Bonchev–Trinajstić information content (AvgIpc) is 3.48. The highest BCUT2D eigenvalue weighted by Crippen LogP contribution is 2.50. The smallest absolute Gasteiger partial charge is 0.350 e. The van der Waals surface area contributed by atoms with Crippen LogP contribution in [0.15, 0.2) is 30.3 Å². The monoisotopic (exact) mass is 426 g/mol. The molecule has 0 spiro atoms. The Morgan fingerprint density at radius 2 is 1.84 bits per heavy atom. The molecule has 0 N–H and O–H groups in total. The predicted molar refractivity (Wildman–Crippen MR) is 113 cm³/mol. The molecule has 2 aromatic rings. The molecular weight excluding hydrogens is 400 g/mol. The molecule has 1 saturated carbocycles. The number of esters is 2. The van der Waals surface area contributed by atoms with Gasteiger partial charge in [-0.25, -0.2) is 9.59 Å². The minimum absolute atomic E-state index is 0.235. The number of carbonyl (C=O) groups excluding carboxylic acids is 2. The summed E-state index contributed by atoms with van der Waals surface area (Å²) in [5, 5.41) is 0. The number of ether oxygens (including phenoxy) is 5. The normalized spacial score (nSPS) is 15.6. The number of hydrogen-bond donors (Lipinski definition) is 0. The lowest BCUT2D eigenvalue weighted by Crippen LogP contribution is -2.32. The zero-order chi connectivity index (χ0) is 22.0. The molecule has 1 fully saturated rings. The van der Waals surface area contributed by atoms with Gasteiger partial charge in [0, 0.05) is 24.0 Å². The molecule has 164 valence electrons. The van der Waals surface area contributed by atoms with Gasteiger partial charge in [0.1, 0.15) is 6.61 Å². The molecule has 2 aliphatic rings. The quantitative estimate of drug-likeness (QED) is 0.437. The predicted octanol–water partition coefficient (Wildman–Crippen LogP) is 4.30. The molecule has 0 atom stereocenters. The summed E-state index contributed by atoms with van der Waals surface area (Å²) in [6.45, 7) is 2.65. The van der Waals surface area contributed by atoms with Gasteiger partial charge >= 0.3 is 11.9 Å². The lowest BCUT2D eigenvalue weighted by Gasteiger charge is -2.22. The van der Waals surface area contributed by atoms with Crippen molar-refractivity contribution in [3.63, 3.8) is 0 Å². The topological polar surface area (TPSA) is 80.3 Å². The Hall–Kier alpha value is -3.22. The maximum atomic E-state index is 12.7. The van der Waals surface area contributed by atoms with Crippen molar-refractivity contribution >= 4 is 11.9 Å². The average molecular weight is 426 g/mol. The number of carbonyl (C=O) groups is 2. The Labute approximate surface area is 181 Å². The second kappa shape index (κ2) is 8.49. The summed E-state index contributed by atoms with van der Waals surface area (Å²) in [7, 11) is 3.08. The van der Waals surface area contributed by atoms with E-state index in [-0.39, 0.29) is 18.5 Å². The first kappa shape index (κ1) is 21.0. The zero-order valence-corrected chi connectivity index (χ0v) is 18.0. The summed E-state index contributed by atoms with van der Waals surface area (Å²) in [5.41, 5.74) is 1.90. The van der Waals surface area contributed by atoms with Crippen LogP contribution in [-0.4, -0.2) is 38.4 Å². The zero-order valence-electron chi connectivity index (χ0n) is 18.0. The van der Waals surface area contributed by atoms with Gasteiger partial charge in [-0.15, -0.1) is 0 Å². The van der Waals surface area contributed by atoms with Gasteiger partial charge in [-0.2, -0.15) is 0 Å². The maximum Gasteiger partial charge on any atom is 0.350 e. The molecule has 7 heteroatoms. The van der Waals surface area contributed by atoms with Gasteiger partial charge in [-0.05, 0) is 36.2 Å². The van der Waals surface area contributed by atoms with Crippen LogP contribution in [0.5, 0.6) is 17.2 Å². The third-order valence-electron chi connectivity index (χ3n) is 5.60. The minimum Gasteiger partial charge on any atom is -0.493 e. The van der Waals surface area contributed by atoms with E-state index < -0.39 is 5.60 Å². The van der Waals surface area contributed by atoms with Crippen molar-refractivity contribution in [1.29, 1.82) is 0 Å². The fourth-order valence-electron chi connectivity index (χ4n) is 3.63. The number of unbranched alkanes of at least 4 members (excludes halogenated alkanes) is 1. The van der Waals surface area contributed by atoms with Crippen LogP contribution in [0, 0.1) is 0 Å². The highest BCUT2D eigenvalue weighted by molar-refractivity contribution is 5.94. The van der Waals surface area contributed by atoms with Crippen molar-refractivity contribution in [2.75, 3.05) is 20.8 Å². The molecule has 0 amide bonds. The molecule has 1 heterocycles. The first-order valence-electron chi connectivity index (χ1n) is 10.4. The molecule has 7 nitrogen and oxygen atoms in total. The summed E-state index contributed by atoms with van der Waals surface area (Å²) in [6, 6.07) is 9.11. The number of methoxy groups -OCH3 is 2. The van der Waals surface area contributed by atoms with E-state index in [4.69, 9.17) is 23.7 Å². The number of hydrogen-bond acceptors (Lipinski definition) is 7. The summed E-state index contributed by atoms with van der Waals surface area (Å²) < 4.78 is 27.9. The molecule has 0 bridgehead atoms. The lowest BCUT2D eigenvalue weighted by atomic mass is 9.99. The van der Waals surface area contributed by atoms with E-state index in [1.165, 1.54) is 7.11 Å². The first-order valence-corrected chi connectivity index (χ1v) is 10.4. The van der Waals surface area contributed by atoms with Crippen LogP contribution in [0.3, 0.4) is 0 Å². The van der Waals surface area contributed by atoms with Crippen LogP contribution < -0.4 is 14.2 Å². The van der Waals surface area contributed by atoms with Crippen LogP contribution in [0.1, 0.15) is 48.5 Å². The van der Waals surface area contributed by atoms with Crippen molar-refractivity contribution < 1.29 is 33.3 Å². The fraction of sp³-hybridized carbons (Fsp3) is 0.417. The van der Waals surface area contributed by atoms with E-state index >= 15 is 0 Å². The van der Waals surface area contributed by atoms with Gasteiger partial charge in [0.15, 0.2) is 11.5 Å². The van der Waals surface area contributed by atoms with Gasteiger partial charge in [0.05, 0.1) is 26.4 Å². The van der Waals surface area contributed by atoms with Crippen LogP contribution in [-0.2, 0) is 20.9 Å². The molecule has 4 rings (SSSR count). The summed E-state index contributed by atoms with van der Waals surface area (Å²) >= 11 is 0. The molecule has 0 unspecified atom stereocenters. The van der Waals surface area contributed by atoms with Gasteiger partial charge in [0.2, 0.25) is 11.4 Å². The van der Waals surface area contributed by atoms with Crippen LogP contribution in [0.25, 0.3) is 11.1 Å². The van der Waals surface area contributed by atoms with Crippen molar-refractivity contribution in [2.24, 2.45) is 0 Å². The lowest BCUT2D eigenvalue weighted by molar-refractivity contribution is -0.154. The van der Waals surface area contributed by atoms with Gasteiger partial charge in [0.25, 0.3) is 0 Å². The molecule has 31 heavy (non-hydrogen) atoms. The minimum atomic E-state index is -1.02. The molecule has 2 aromatic carbocycles. The Balaban J connectivity index is 1.72. The molecule has 0 saturated heterocycles. The molecular formula is C24H26O7. The van der Waals surface area contributed by atoms with Crippen LogP contribution in [0.4, 0.5) is 0 Å². The Kier molecular flexibility index (Phi) is 5.76. The summed E-state index contributed by atoms with van der Waals surface area (Å²) in [6.07, 6.45) is 2.90. The van der Waals surface area contributed by atoms with E-state index in [0.717, 1.165) is 29.5 Å². The van der Waals surface area contributed by atoms with Gasteiger partial charge < -0.3 is 23.7 Å². The third kappa shape index (κ3) is 3.92. The van der Waals surface area contributed by atoms with E-state index in [0.29, 0.717) is 42.3 Å². The Morgan fingerprint density at radius 3 is 2.52 bits per heavy atom. The summed E-state index contributed by atoms with van der Waals surface area (Å²) in [4.78, 5) is 24.5. The maximum absolute atomic E-state index is 12.7. The number of cyclic esters (lactones) is 1. The van der Waals surface area contributed by atoms with Crippen LogP contribution >= 0.6 is 0 Å². The molecule has 1 aliphatic heterocycles. The van der Waals surface area contributed by atoms with E-state index in [2.05, 4.69) is 0 Å². The SMILES string of the molecule is CCCCOC(=O)C1(Oc2c(-c3ccc4c(c3)COC4=O)ccc(OC)c2OC)CC1. The van der Waals surface area contributed by atoms with E-state index in [9.17, 15) is 9.59 Å². The first-order chi connectivity index (χ1) is 15.0. The second-order valence-corrected chi connectivity index (χ2v) is 7.71. The largest absolute Gasteiger partial charge is 0.493 e. The number of rotatable bonds is 9. The van der Waals surface area contributed by atoms with E-state index in [1.807, 2.05) is 25.1 Å². The number of fused-ring (bicyclic) bond motifs is 1. The van der Waals surface area contributed by atoms with Crippen molar-refractivity contribution in [3.8, 4) is 28.4 Å². The molecule has 0 aromatic heterocycles. The Bertz CT molecular complexity index is 1010.